The number of benzene rings is 2. The van der Waals surface area contributed by atoms with Gasteiger partial charge in [-0.2, -0.15) is 0 Å². The van der Waals surface area contributed by atoms with Crippen molar-refractivity contribution in [1.82, 2.24) is 4.90 Å². The van der Waals surface area contributed by atoms with Crippen LogP contribution in [0, 0.1) is 31.6 Å². The molecule has 2 aromatic carbocycles. The molecule has 2 unspecified atom stereocenters. The molecule has 3 amide bonds. The quantitative estimate of drug-likeness (QED) is 0.353. The van der Waals surface area contributed by atoms with Crippen LogP contribution in [0.15, 0.2) is 73.8 Å². The molecule has 0 aromatic heterocycles. The number of aliphatic hydroxyl groups is 1. The van der Waals surface area contributed by atoms with Crippen LogP contribution in [0.25, 0.3) is 0 Å². The average molecular weight is 600 g/mol. The molecule has 3 aliphatic heterocycles. The van der Waals surface area contributed by atoms with E-state index in [0.29, 0.717) is 24.9 Å². The lowest BCUT2D eigenvalue weighted by Gasteiger charge is -2.41. The van der Waals surface area contributed by atoms with Gasteiger partial charge in [-0.3, -0.25) is 14.4 Å². The summed E-state index contributed by atoms with van der Waals surface area (Å²) < 4.78 is 6.76. The van der Waals surface area contributed by atoms with Gasteiger partial charge in [-0.1, -0.05) is 68.8 Å². The number of rotatable bonds is 12. The Morgan fingerprint density at radius 3 is 2.27 bits per heavy atom. The van der Waals surface area contributed by atoms with Crippen LogP contribution < -0.4 is 9.80 Å². The van der Waals surface area contributed by atoms with E-state index in [1.54, 1.807) is 26.9 Å². The molecule has 3 saturated heterocycles. The number of para-hydroxylation sites is 2. The average Bonchev–Trinajstić information content (AvgIpc) is 3.67. The van der Waals surface area contributed by atoms with Gasteiger partial charge in [0, 0.05) is 24.5 Å². The molecule has 44 heavy (non-hydrogen) atoms. The summed E-state index contributed by atoms with van der Waals surface area (Å²) in [4.78, 5) is 49.1. The van der Waals surface area contributed by atoms with Crippen molar-refractivity contribution in [2.45, 2.75) is 70.7 Å². The first-order valence-electron chi connectivity index (χ1n) is 15.7. The molecule has 1 spiro atoms. The van der Waals surface area contributed by atoms with E-state index in [1.807, 2.05) is 76.2 Å². The molecular weight excluding hydrogens is 554 g/mol. The summed E-state index contributed by atoms with van der Waals surface area (Å²) in [7, 11) is 0. The van der Waals surface area contributed by atoms with Crippen molar-refractivity contribution in [2.75, 3.05) is 29.5 Å². The lowest BCUT2D eigenvalue weighted by Crippen LogP contribution is -2.60. The molecule has 8 nitrogen and oxygen atoms in total. The van der Waals surface area contributed by atoms with Crippen molar-refractivity contribution in [2.24, 2.45) is 17.8 Å². The number of amides is 3. The van der Waals surface area contributed by atoms with Crippen molar-refractivity contribution in [3.05, 3.63) is 85.0 Å². The number of carbonyl (C=O) groups excluding carboxylic acids is 3. The normalized spacial score (nSPS) is 26.7. The Kier molecular flexibility index (Phi) is 9.14. The smallest absolute Gasteiger partial charge is 0.253 e. The number of hydrogen-bond donors (Lipinski definition) is 1. The Bertz CT molecular complexity index is 1410. The first kappa shape index (κ1) is 31.7. The van der Waals surface area contributed by atoms with Gasteiger partial charge >= 0.3 is 0 Å². The topological polar surface area (TPSA) is 90.4 Å². The van der Waals surface area contributed by atoms with E-state index < -0.39 is 35.6 Å². The highest BCUT2D eigenvalue weighted by Gasteiger charge is 2.75. The van der Waals surface area contributed by atoms with Gasteiger partial charge in [0.05, 0.1) is 30.6 Å². The maximum atomic E-state index is 15.0. The molecule has 3 heterocycles. The molecule has 0 saturated carbocycles. The van der Waals surface area contributed by atoms with E-state index in [2.05, 4.69) is 13.2 Å². The standard InChI is InChI=1S/C36H45N3O5/c1-7-20-37(26-16-11-10-12-17-26)33(41)29-28-18-19-36(44-28)30(29)34(42)39(27(22-40)23(4)9-3)32(36)35(43)38(21-8-2)31-24(5)14-13-15-25(31)6/h7-8,10-17,23,27-30,32,40H,1-2,9,18-22H2,3-6H3/t23-,27-,28-,29+,30-,32?,36?/m0/s1. The summed E-state index contributed by atoms with van der Waals surface area (Å²) in [5, 5.41) is 10.7. The van der Waals surface area contributed by atoms with Gasteiger partial charge in [0.1, 0.15) is 11.6 Å². The number of ether oxygens (including phenoxy) is 1. The third-order valence-corrected chi connectivity index (χ3v) is 10.0. The Labute approximate surface area is 261 Å². The Morgan fingerprint density at radius 2 is 1.68 bits per heavy atom. The summed E-state index contributed by atoms with van der Waals surface area (Å²) in [5.41, 5.74) is 2.16. The van der Waals surface area contributed by atoms with Crippen molar-refractivity contribution >= 4 is 29.1 Å². The molecule has 234 valence electrons. The first-order valence-corrected chi connectivity index (χ1v) is 15.7. The number of aliphatic hydroxyl groups excluding tert-OH is 1. The third kappa shape index (κ3) is 4.98. The SMILES string of the molecule is C=CCN(C(=O)[C@@H]1[C@@H]2CCC3(O2)C(C(=O)N(CC=C)c2c(C)cccc2C)N([C@@H](CO)[C@@H](C)CC)C(=O)[C@H]13)c1ccccc1. The number of aryl methyl sites for hydroxylation is 2. The molecule has 5 rings (SSSR count). The van der Waals surface area contributed by atoms with Gasteiger partial charge in [-0.05, 0) is 55.9 Å². The van der Waals surface area contributed by atoms with Gasteiger partial charge in [-0.15, -0.1) is 13.2 Å². The summed E-state index contributed by atoms with van der Waals surface area (Å²) >= 11 is 0. The second-order valence-corrected chi connectivity index (χ2v) is 12.5. The van der Waals surface area contributed by atoms with Gasteiger partial charge in [0.15, 0.2) is 0 Å². The van der Waals surface area contributed by atoms with Crippen LogP contribution in [0.3, 0.4) is 0 Å². The molecule has 1 N–H and O–H groups in total. The van der Waals surface area contributed by atoms with E-state index in [-0.39, 0.29) is 43.3 Å². The first-order chi connectivity index (χ1) is 21.2. The Morgan fingerprint density at radius 1 is 1.05 bits per heavy atom. The highest BCUT2D eigenvalue weighted by Crippen LogP contribution is 2.60. The molecule has 3 fully saturated rings. The third-order valence-electron chi connectivity index (χ3n) is 10.0. The fraction of sp³-hybridized carbons (Fsp3) is 0.472. The van der Waals surface area contributed by atoms with Gasteiger partial charge in [0.2, 0.25) is 11.8 Å². The van der Waals surface area contributed by atoms with Crippen LogP contribution in [0.2, 0.25) is 0 Å². The maximum Gasteiger partial charge on any atom is 0.253 e. The Hall–Kier alpha value is -3.75. The van der Waals surface area contributed by atoms with E-state index in [4.69, 9.17) is 4.74 Å². The minimum Gasteiger partial charge on any atom is -0.394 e. The summed E-state index contributed by atoms with van der Waals surface area (Å²) in [6.45, 7) is 15.9. The van der Waals surface area contributed by atoms with Crippen LogP contribution in [-0.4, -0.2) is 71.2 Å². The minimum atomic E-state index is -1.19. The molecule has 7 atom stereocenters. The number of likely N-dealkylation sites (tertiary alicyclic amines) is 1. The van der Waals surface area contributed by atoms with Gasteiger partial charge in [-0.25, -0.2) is 0 Å². The maximum absolute atomic E-state index is 15.0. The summed E-state index contributed by atoms with van der Waals surface area (Å²) in [6.07, 6.45) is 4.61. The molecule has 8 heteroatoms. The lowest BCUT2D eigenvalue weighted by atomic mass is 9.70. The second-order valence-electron chi connectivity index (χ2n) is 12.5. The molecule has 0 aliphatic carbocycles. The predicted molar refractivity (Wildman–Crippen MR) is 172 cm³/mol. The van der Waals surface area contributed by atoms with E-state index in [0.717, 1.165) is 16.8 Å². The molecule has 0 radical (unpaired) electrons. The van der Waals surface area contributed by atoms with Gasteiger partial charge in [0.25, 0.3) is 5.91 Å². The van der Waals surface area contributed by atoms with Crippen LogP contribution >= 0.6 is 0 Å². The number of carbonyl (C=O) groups is 3. The van der Waals surface area contributed by atoms with E-state index in [1.165, 1.54) is 0 Å². The molecule has 3 aliphatic rings. The van der Waals surface area contributed by atoms with Crippen molar-refractivity contribution in [3.63, 3.8) is 0 Å². The van der Waals surface area contributed by atoms with Crippen molar-refractivity contribution < 1.29 is 24.2 Å². The minimum absolute atomic E-state index is 0.0875. The molecule has 2 bridgehead atoms. The highest BCUT2D eigenvalue weighted by molar-refractivity contribution is 6.07. The summed E-state index contributed by atoms with van der Waals surface area (Å²) in [6, 6.07) is 13.6. The largest absolute Gasteiger partial charge is 0.394 e. The zero-order valence-electron chi connectivity index (χ0n) is 26.3. The van der Waals surface area contributed by atoms with E-state index >= 15 is 4.79 Å². The van der Waals surface area contributed by atoms with Crippen LogP contribution in [0.1, 0.15) is 44.2 Å². The second kappa shape index (κ2) is 12.7. The number of fused-ring (bicyclic) bond motifs is 1. The number of anilines is 2. The monoisotopic (exact) mass is 599 g/mol. The Balaban J connectivity index is 1.64. The fourth-order valence-corrected chi connectivity index (χ4v) is 7.86. The zero-order chi connectivity index (χ0) is 31.8. The fourth-order valence-electron chi connectivity index (χ4n) is 7.86. The van der Waals surface area contributed by atoms with Crippen LogP contribution in [0.5, 0.6) is 0 Å². The summed E-state index contributed by atoms with van der Waals surface area (Å²) in [5.74, 6) is -2.48. The van der Waals surface area contributed by atoms with Crippen LogP contribution in [0.4, 0.5) is 11.4 Å². The molecular formula is C36H45N3O5. The molecule has 2 aromatic rings. The number of nitrogens with zero attached hydrogens (tertiary/aromatic N) is 3. The van der Waals surface area contributed by atoms with Gasteiger partial charge < -0.3 is 24.5 Å². The predicted octanol–water partition coefficient (Wildman–Crippen LogP) is 4.82. The zero-order valence-corrected chi connectivity index (χ0v) is 26.3. The van der Waals surface area contributed by atoms with E-state index in [9.17, 15) is 14.7 Å². The van der Waals surface area contributed by atoms with Crippen molar-refractivity contribution in [1.29, 1.82) is 0 Å². The lowest BCUT2D eigenvalue weighted by molar-refractivity contribution is -0.145. The van der Waals surface area contributed by atoms with Crippen LogP contribution in [-0.2, 0) is 19.1 Å². The van der Waals surface area contributed by atoms with Crippen molar-refractivity contribution in [3.8, 4) is 0 Å². The highest BCUT2D eigenvalue weighted by atomic mass is 16.5. The number of hydrogen-bond acceptors (Lipinski definition) is 5.